The number of amides is 1. The van der Waals surface area contributed by atoms with Gasteiger partial charge in [0.05, 0.1) is 11.4 Å². The summed E-state index contributed by atoms with van der Waals surface area (Å²) in [5.74, 6) is 0.437. The summed E-state index contributed by atoms with van der Waals surface area (Å²) in [6, 6.07) is 13.6. The van der Waals surface area contributed by atoms with Crippen LogP contribution in [0.2, 0.25) is 0 Å². The van der Waals surface area contributed by atoms with Gasteiger partial charge in [-0.05, 0) is 43.2 Å². The van der Waals surface area contributed by atoms with Crippen molar-refractivity contribution in [3.63, 3.8) is 0 Å². The van der Waals surface area contributed by atoms with Gasteiger partial charge in [-0.3, -0.25) is 9.00 Å². The zero-order valence-electron chi connectivity index (χ0n) is 15.7. The van der Waals surface area contributed by atoms with Crippen LogP contribution in [-0.4, -0.2) is 20.9 Å². The summed E-state index contributed by atoms with van der Waals surface area (Å²) < 4.78 is 31.0. The van der Waals surface area contributed by atoms with Crippen LogP contribution in [0, 0.1) is 19.7 Å². The first kappa shape index (κ1) is 19.9. The lowest BCUT2D eigenvalue weighted by Gasteiger charge is -2.05. The number of rotatable bonds is 7. The smallest absolute Gasteiger partial charge is 0.232 e. The SMILES string of the molecule is Cc1ccccc1-c1nc(C[S@@](=O)CC(=O)NCc2ccc(F)cc2)c(C)o1. The highest BCUT2D eigenvalue weighted by Crippen LogP contribution is 2.25. The normalized spacial score (nSPS) is 12.0. The molecule has 3 rings (SSSR count). The number of aryl methyl sites for hydroxylation is 2. The number of oxazole rings is 1. The third kappa shape index (κ3) is 5.13. The average molecular weight is 400 g/mol. The molecule has 7 heteroatoms. The number of halogens is 1. The van der Waals surface area contributed by atoms with Gasteiger partial charge in [0.25, 0.3) is 0 Å². The highest BCUT2D eigenvalue weighted by Gasteiger charge is 2.16. The maximum atomic E-state index is 12.9. The predicted molar refractivity (Wildman–Crippen MR) is 106 cm³/mol. The molecular weight excluding hydrogens is 379 g/mol. The van der Waals surface area contributed by atoms with E-state index < -0.39 is 10.8 Å². The van der Waals surface area contributed by atoms with E-state index in [9.17, 15) is 13.4 Å². The maximum absolute atomic E-state index is 12.9. The molecule has 1 amide bonds. The van der Waals surface area contributed by atoms with Gasteiger partial charge in [0.15, 0.2) is 0 Å². The second-order valence-electron chi connectivity index (χ2n) is 6.47. The summed E-state index contributed by atoms with van der Waals surface area (Å²) in [5, 5.41) is 2.69. The number of nitrogens with one attached hydrogen (secondary N) is 1. The van der Waals surface area contributed by atoms with Crippen LogP contribution in [0.4, 0.5) is 4.39 Å². The Labute approximate surface area is 165 Å². The minimum Gasteiger partial charge on any atom is -0.441 e. The van der Waals surface area contributed by atoms with E-state index in [1.54, 1.807) is 19.1 Å². The van der Waals surface area contributed by atoms with Gasteiger partial charge in [-0.25, -0.2) is 9.37 Å². The molecular formula is C21H21FN2O3S. The molecule has 1 heterocycles. The van der Waals surface area contributed by atoms with E-state index in [1.165, 1.54) is 12.1 Å². The van der Waals surface area contributed by atoms with Crippen LogP contribution in [0.15, 0.2) is 52.9 Å². The Morgan fingerprint density at radius 1 is 1.14 bits per heavy atom. The van der Waals surface area contributed by atoms with Crippen LogP contribution in [0.25, 0.3) is 11.5 Å². The third-order valence-corrected chi connectivity index (χ3v) is 5.44. The van der Waals surface area contributed by atoms with E-state index in [1.807, 2.05) is 31.2 Å². The van der Waals surface area contributed by atoms with Crippen LogP contribution in [0.3, 0.4) is 0 Å². The summed E-state index contributed by atoms with van der Waals surface area (Å²) in [7, 11) is -1.42. The van der Waals surface area contributed by atoms with Crippen molar-refractivity contribution in [3.8, 4) is 11.5 Å². The molecule has 1 N–H and O–H groups in total. The summed E-state index contributed by atoms with van der Waals surface area (Å²) in [6.45, 7) is 4.00. The number of carbonyl (C=O) groups excluding carboxylic acids is 1. The number of carbonyl (C=O) groups is 1. The molecule has 0 radical (unpaired) electrons. The van der Waals surface area contributed by atoms with Gasteiger partial charge in [0, 0.05) is 22.9 Å². The molecule has 0 aliphatic rings. The lowest BCUT2D eigenvalue weighted by Crippen LogP contribution is -2.28. The first-order chi connectivity index (χ1) is 13.4. The van der Waals surface area contributed by atoms with Crippen LogP contribution in [0.1, 0.15) is 22.6 Å². The van der Waals surface area contributed by atoms with Crippen molar-refractivity contribution < 1.29 is 17.8 Å². The molecule has 0 saturated carbocycles. The van der Waals surface area contributed by atoms with Gasteiger partial charge < -0.3 is 9.73 Å². The molecule has 0 bridgehead atoms. The number of hydrogen-bond donors (Lipinski definition) is 1. The van der Waals surface area contributed by atoms with Gasteiger partial charge in [-0.2, -0.15) is 0 Å². The monoisotopic (exact) mass is 400 g/mol. The molecule has 28 heavy (non-hydrogen) atoms. The van der Waals surface area contributed by atoms with Gasteiger partial charge in [-0.1, -0.05) is 30.3 Å². The minimum absolute atomic E-state index is 0.132. The van der Waals surface area contributed by atoms with Crippen molar-refractivity contribution in [1.29, 1.82) is 0 Å². The molecule has 3 aromatic rings. The molecule has 0 unspecified atom stereocenters. The summed E-state index contributed by atoms with van der Waals surface area (Å²) >= 11 is 0. The van der Waals surface area contributed by atoms with Gasteiger partial charge in [0.2, 0.25) is 11.8 Å². The zero-order valence-corrected chi connectivity index (χ0v) is 16.5. The summed E-state index contributed by atoms with van der Waals surface area (Å²) in [6.07, 6.45) is 0. The number of aromatic nitrogens is 1. The van der Waals surface area contributed by atoms with Crippen molar-refractivity contribution >= 4 is 16.7 Å². The predicted octanol–water partition coefficient (Wildman–Crippen LogP) is 3.66. The van der Waals surface area contributed by atoms with Crippen LogP contribution >= 0.6 is 0 Å². The zero-order chi connectivity index (χ0) is 20.1. The molecule has 0 fully saturated rings. The Balaban J connectivity index is 1.56. The van der Waals surface area contributed by atoms with Crippen LogP contribution < -0.4 is 5.32 Å². The fourth-order valence-corrected chi connectivity index (χ4v) is 3.76. The van der Waals surface area contributed by atoms with Gasteiger partial charge >= 0.3 is 0 Å². The second-order valence-corrected chi connectivity index (χ2v) is 7.93. The van der Waals surface area contributed by atoms with Crippen molar-refractivity contribution in [2.45, 2.75) is 26.1 Å². The molecule has 146 valence electrons. The largest absolute Gasteiger partial charge is 0.441 e. The first-order valence-electron chi connectivity index (χ1n) is 8.81. The fraction of sp³-hybridized carbons (Fsp3) is 0.238. The molecule has 0 aliphatic carbocycles. The number of benzene rings is 2. The summed E-state index contributed by atoms with van der Waals surface area (Å²) in [4.78, 5) is 16.5. The lowest BCUT2D eigenvalue weighted by molar-refractivity contribution is -0.118. The van der Waals surface area contributed by atoms with E-state index in [0.717, 1.165) is 16.7 Å². The minimum atomic E-state index is -1.42. The molecule has 2 aromatic carbocycles. The van der Waals surface area contributed by atoms with Gasteiger partial charge in [-0.15, -0.1) is 0 Å². The molecule has 5 nitrogen and oxygen atoms in total. The highest BCUT2D eigenvalue weighted by atomic mass is 32.2. The Morgan fingerprint density at radius 2 is 1.86 bits per heavy atom. The third-order valence-electron chi connectivity index (χ3n) is 4.26. The maximum Gasteiger partial charge on any atom is 0.232 e. The molecule has 1 atom stereocenters. The topological polar surface area (TPSA) is 72.2 Å². The van der Waals surface area contributed by atoms with Gasteiger partial charge in [0.1, 0.15) is 17.3 Å². The van der Waals surface area contributed by atoms with Crippen LogP contribution in [-0.2, 0) is 27.9 Å². The van der Waals surface area contributed by atoms with Crippen molar-refractivity contribution in [2.75, 3.05) is 5.75 Å². The van der Waals surface area contributed by atoms with Crippen molar-refractivity contribution in [2.24, 2.45) is 0 Å². The lowest BCUT2D eigenvalue weighted by atomic mass is 10.1. The van der Waals surface area contributed by atoms with Crippen molar-refractivity contribution in [3.05, 3.63) is 76.9 Å². The standard InChI is InChI=1S/C21H21FN2O3S/c1-14-5-3-4-6-18(14)21-24-19(15(2)27-21)12-28(26)13-20(25)23-11-16-7-9-17(22)10-8-16/h3-10H,11-13H2,1-2H3,(H,23,25)/t28-/m1/s1. The Hall–Kier alpha value is -2.80. The highest BCUT2D eigenvalue weighted by molar-refractivity contribution is 7.84. The quantitative estimate of drug-likeness (QED) is 0.657. The van der Waals surface area contributed by atoms with E-state index in [2.05, 4.69) is 10.3 Å². The van der Waals surface area contributed by atoms with E-state index >= 15 is 0 Å². The first-order valence-corrected chi connectivity index (χ1v) is 10.3. The molecule has 0 saturated heterocycles. The Bertz CT molecular complexity index is 999. The Kier molecular flexibility index (Phi) is 6.36. The second kappa shape index (κ2) is 8.93. The number of nitrogens with zero attached hydrogens (tertiary/aromatic N) is 1. The Morgan fingerprint density at radius 3 is 2.57 bits per heavy atom. The fourth-order valence-electron chi connectivity index (χ4n) is 2.69. The summed E-state index contributed by atoms with van der Waals surface area (Å²) in [5.41, 5.74) is 3.29. The molecule has 0 aliphatic heterocycles. The van der Waals surface area contributed by atoms with E-state index in [-0.39, 0.29) is 29.8 Å². The molecule has 0 spiro atoms. The molecule has 1 aromatic heterocycles. The van der Waals surface area contributed by atoms with E-state index in [4.69, 9.17) is 4.42 Å². The average Bonchev–Trinajstić information content (AvgIpc) is 3.01. The van der Waals surface area contributed by atoms with Crippen LogP contribution in [0.5, 0.6) is 0 Å². The number of hydrogen-bond acceptors (Lipinski definition) is 4. The van der Waals surface area contributed by atoms with Crippen molar-refractivity contribution in [1.82, 2.24) is 10.3 Å². The van der Waals surface area contributed by atoms with E-state index in [0.29, 0.717) is 17.3 Å².